The number of ether oxygens (including phenoxy) is 2. The van der Waals surface area contributed by atoms with E-state index in [-0.39, 0.29) is 46.5 Å². The number of amides is 5. The van der Waals surface area contributed by atoms with Gasteiger partial charge in [0, 0.05) is 27.1 Å². The maximum atomic E-state index is 16.2. The smallest absolute Gasteiger partial charge is 0.397 e. The summed E-state index contributed by atoms with van der Waals surface area (Å²) < 4.78 is 32.8. The van der Waals surface area contributed by atoms with Gasteiger partial charge in [-0.1, -0.05) is 16.5 Å². The van der Waals surface area contributed by atoms with Gasteiger partial charge in [-0.25, -0.2) is 19.0 Å². The van der Waals surface area contributed by atoms with E-state index < -0.39 is 47.3 Å². The Balaban J connectivity index is 1.50. The number of fused-ring (bicyclic) bond motifs is 5. The molecule has 1 aromatic carbocycles. The normalized spacial score (nSPS) is 23.8. The summed E-state index contributed by atoms with van der Waals surface area (Å²) in [7, 11) is 3.08. The van der Waals surface area contributed by atoms with Gasteiger partial charge >= 0.3 is 12.1 Å². The fourth-order valence-corrected chi connectivity index (χ4v) is 6.45. The lowest BCUT2D eigenvalue weighted by atomic mass is 9.66. The number of thiazole rings is 1. The molecule has 39 heavy (non-hydrogen) atoms. The number of nitrogens with zero attached hydrogens (tertiary/aromatic N) is 4. The van der Waals surface area contributed by atoms with E-state index in [2.05, 4.69) is 20.8 Å². The molecule has 13 nitrogen and oxygen atoms in total. The first-order chi connectivity index (χ1) is 18.5. The second kappa shape index (κ2) is 8.71. The highest BCUT2D eigenvalue weighted by molar-refractivity contribution is 7.16. The Hall–Kier alpha value is -4.11. The number of rotatable bonds is 2. The maximum Gasteiger partial charge on any atom is 0.415 e. The van der Waals surface area contributed by atoms with Gasteiger partial charge in [-0.3, -0.25) is 20.2 Å². The molecule has 3 aliphatic heterocycles. The Morgan fingerprint density at radius 1 is 1.26 bits per heavy atom. The Morgan fingerprint density at radius 2 is 1.97 bits per heavy atom. The van der Waals surface area contributed by atoms with Gasteiger partial charge in [0.2, 0.25) is 22.5 Å². The van der Waals surface area contributed by atoms with Gasteiger partial charge in [0.05, 0.1) is 35.5 Å². The topological polar surface area (TPSA) is 156 Å². The lowest BCUT2D eigenvalue weighted by Crippen LogP contribution is -2.75. The molecular weight excluding hydrogens is 535 g/mol. The van der Waals surface area contributed by atoms with Crippen LogP contribution in [-0.2, 0) is 20.7 Å². The highest BCUT2D eigenvalue weighted by Crippen LogP contribution is 2.50. The first kappa shape index (κ1) is 25.2. The molecule has 2 saturated heterocycles. The number of hydrogen-bond acceptors (Lipinski definition) is 11. The number of carbonyl (C=O) groups is 4. The average Bonchev–Trinajstić information content (AvgIpc) is 3.48. The Morgan fingerprint density at radius 3 is 2.67 bits per heavy atom. The zero-order valence-electron chi connectivity index (χ0n) is 21.2. The number of imide groups is 2. The van der Waals surface area contributed by atoms with Crippen LogP contribution in [0.15, 0.2) is 16.8 Å². The van der Waals surface area contributed by atoms with Gasteiger partial charge in [0.1, 0.15) is 5.01 Å². The fourth-order valence-electron chi connectivity index (χ4n) is 5.70. The number of hydrogen-bond donors (Lipinski definition) is 2. The minimum absolute atomic E-state index is 0.125. The van der Waals surface area contributed by atoms with Crippen LogP contribution in [0.5, 0.6) is 5.06 Å². The number of morpholine rings is 1. The summed E-state index contributed by atoms with van der Waals surface area (Å²) in [6.07, 6.45) is -0.426. The molecule has 2 aromatic heterocycles. The van der Waals surface area contributed by atoms with Crippen LogP contribution >= 0.6 is 11.3 Å². The van der Waals surface area contributed by atoms with Gasteiger partial charge in [0.15, 0.2) is 16.9 Å². The van der Waals surface area contributed by atoms with E-state index in [1.807, 2.05) is 6.92 Å². The van der Waals surface area contributed by atoms with Crippen molar-refractivity contribution in [1.29, 1.82) is 0 Å². The van der Waals surface area contributed by atoms with E-state index in [9.17, 15) is 19.2 Å². The maximum absolute atomic E-state index is 16.2. The van der Waals surface area contributed by atoms with E-state index in [1.54, 1.807) is 17.9 Å². The molecule has 6 rings (SSSR count). The molecule has 0 aliphatic carbocycles. The first-order valence-electron chi connectivity index (χ1n) is 12.1. The van der Waals surface area contributed by atoms with Gasteiger partial charge in [0.25, 0.3) is 0 Å². The summed E-state index contributed by atoms with van der Waals surface area (Å²) in [5.41, 5.74) is -1.14. The van der Waals surface area contributed by atoms with Gasteiger partial charge in [-0.2, -0.15) is 0 Å². The number of barbiturate groups is 1. The van der Waals surface area contributed by atoms with Crippen LogP contribution in [-0.4, -0.2) is 77.9 Å². The third-order valence-electron chi connectivity index (χ3n) is 7.21. The summed E-state index contributed by atoms with van der Waals surface area (Å²) in [4.78, 5) is 57.7. The second-order valence-electron chi connectivity index (χ2n) is 9.99. The molecular formula is C24H23FN6O7S. The molecule has 204 valence electrons. The lowest BCUT2D eigenvalue weighted by Gasteiger charge is -2.55. The van der Waals surface area contributed by atoms with E-state index >= 15 is 4.39 Å². The van der Waals surface area contributed by atoms with Crippen LogP contribution < -0.4 is 20.3 Å². The van der Waals surface area contributed by atoms with Crippen LogP contribution in [0.1, 0.15) is 19.4 Å². The number of aromatic nitrogens is 2. The number of anilines is 1. The number of carbonyl (C=O) groups excluding carboxylic acids is 4. The molecule has 15 heteroatoms. The van der Waals surface area contributed by atoms with Crippen molar-refractivity contribution in [2.45, 2.75) is 38.5 Å². The summed E-state index contributed by atoms with van der Waals surface area (Å²) in [6.45, 7) is 3.71. The Bertz CT molecular complexity index is 1550. The van der Waals surface area contributed by atoms with Gasteiger partial charge in [-0.15, -0.1) is 0 Å². The van der Waals surface area contributed by atoms with Crippen molar-refractivity contribution in [1.82, 2.24) is 25.7 Å². The van der Waals surface area contributed by atoms with Crippen molar-refractivity contribution < 1.29 is 37.6 Å². The van der Waals surface area contributed by atoms with Crippen molar-refractivity contribution in [3.05, 3.63) is 23.6 Å². The number of nitrogens with one attached hydrogen (secondary N) is 2. The highest BCUT2D eigenvalue weighted by Gasteiger charge is 2.63. The summed E-state index contributed by atoms with van der Waals surface area (Å²) in [6, 6.07) is -0.188. The molecule has 3 aliphatic rings. The monoisotopic (exact) mass is 558 g/mol. The molecule has 1 spiro atoms. The second-order valence-corrected chi connectivity index (χ2v) is 11.0. The fraction of sp³-hybridized carbons (Fsp3) is 0.417. The van der Waals surface area contributed by atoms with Crippen LogP contribution in [0.4, 0.5) is 19.7 Å². The molecule has 3 atom stereocenters. The Kier molecular flexibility index (Phi) is 5.62. The standard InChI is InChI=1S/C24H23FN6O7S/c1-9-8-31-16-11(6-24(18(31)10(2)36-9)20(32)27-22(34)28-21(24)33)5-12-15(29-38-17(12)14(16)25)19-26-7-13(39-19)37-23(35)30(3)4/h5,7,9-10,18H,6,8H2,1-4H3,(H2,27,28,32,33,34)/t9-,10+,18-/m1/s1. The predicted molar refractivity (Wildman–Crippen MR) is 134 cm³/mol. The van der Waals surface area contributed by atoms with Crippen molar-refractivity contribution in [3.8, 4) is 15.8 Å². The molecule has 0 saturated carbocycles. The average molecular weight is 559 g/mol. The molecule has 2 N–H and O–H groups in total. The van der Waals surface area contributed by atoms with Crippen molar-refractivity contribution >= 4 is 51.9 Å². The largest absolute Gasteiger partial charge is 0.415 e. The molecule has 5 amide bonds. The summed E-state index contributed by atoms with van der Waals surface area (Å²) in [5.74, 6) is -2.26. The van der Waals surface area contributed by atoms with E-state index in [0.717, 1.165) is 11.3 Å². The lowest BCUT2D eigenvalue weighted by molar-refractivity contribution is -0.153. The molecule has 5 heterocycles. The molecule has 0 unspecified atom stereocenters. The minimum Gasteiger partial charge on any atom is -0.397 e. The number of benzene rings is 1. The number of halogens is 1. The number of urea groups is 1. The first-order valence-corrected chi connectivity index (χ1v) is 12.9. The van der Waals surface area contributed by atoms with Crippen LogP contribution in [0, 0.1) is 11.2 Å². The van der Waals surface area contributed by atoms with Gasteiger partial charge in [-0.05, 0) is 25.5 Å². The van der Waals surface area contributed by atoms with Crippen molar-refractivity contribution in [2.24, 2.45) is 5.41 Å². The third kappa shape index (κ3) is 3.67. The summed E-state index contributed by atoms with van der Waals surface area (Å²) in [5, 5.41) is 9.23. The van der Waals surface area contributed by atoms with Crippen molar-refractivity contribution in [2.75, 3.05) is 25.5 Å². The van der Waals surface area contributed by atoms with Gasteiger partial charge < -0.3 is 23.8 Å². The van der Waals surface area contributed by atoms with Crippen molar-refractivity contribution in [3.63, 3.8) is 0 Å². The molecule has 0 bridgehead atoms. The summed E-state index contributed by atoms with van der Waals surface area (Å²) >= 11 is 1.02. The zero-order chi connectivity index (χ0) is 27.8. The van der Waals surface area contributed by atoms with Crippen LogP contribution in [0.25, 0.3) is 21.7 Å². The zero-order valence-corrected chi connectivity index (χ0v) is 22.1. The van der Waals surface area contributed by atoms with E-state index in [0.29, 0.717) is 10.6 Å². The highest BCUT2D eigenvalue weighted by atomic mass is 32.1. The Labute approximate surface area is 224 Å². The minimum atomic E-state index is -1.76. The molecule has 2 fully saturated rings. The molecule has 3 aromatic rings. The molecule has 0 radical (unpaired) electrons. The van der Waals surface area contributed by atoms with E-state index in [4.69, 9.17) is 14.0 Å². The quantitative estimate of drug-likeness (QED) is 0.446. The van der Waals surface area contributed by atoms with Crippen LogP contribution in [0.2, 0.25) is 0 Å². The SMILES string of the molecule is C[C@@H]1CN2c3c(cc4c(-c5ncc(OC(=O)N(C)C)s5)noc4c3F)CC3(C(=O)NC(=O)NC3=O)[C@H]2[C@H](C)O1. The predicted octanol–water partition coefficient (Wildman–Crippen LogP) is 2.04. The van der Waals surface area contributed by atoms with E-state index in [1.165, 1.54) is 25.2 Å². The van der Waals surface area contributed by atoms with Crippen LogP contribution in [0.3, 0.4) is 0 Å². The third-order valence-corrected chi connectivity index (χ3v) is 8.09.